The zero-order chi connectivity index (χ0) is 23.3. The van der Waals surface area contributed by atoms with Gasteiger partial charge in [-0.1, -0.05) is 29.8 Å². The van der Waals surface area contributed by atoms with Crippen molar-refractivity contribution in [3.05, 3.63) is 69.7 Å². The number of likely N-dealkylation sites (tertiary alicyclic amines) is 1. The molecule has 2 aliphatic heterocycles. The molecule has 0 radical (unpaired) electrons. The standard InChI is InChI=1S/C28H32ClN3O2/c29-24-4-2-1-3-22(24)27(34)32(21-8-9-21)25-10-7-19-5-6-20(17-23(19)25)26(33)31-16-13-28(18-31)11-14-30-15-12-28/h1-6,17,21,25,30H,7-16,18H2. The lowest BCUT2D eigenvalue weighted by Crippen LogP contribution is -2.39. The number of piperidine rings is 1. The Morgan fingerprint density at radius 3 is 2.59 bits per heavy atom. The molecule has 0 aromatic heterocycles. The number of fused-ring (bicyclic) bond motifs is 1. The van der Waals surface area contributed by atoms with Gasteiger partial charge in [0.15, 0.2) is 0 Å². The highest BCUT2D eigenvalue weighted by Gasteiger charge is 2.43. The van der Waals surface area contributed by atoms with Crippen LogP contribution in [0.3, 0.4) is 0 Å². The summed E-state index contributed by atoms with van der Waals surface area (Å²) in [5, 5.41) is 3.95. The maximum atomic E-state index is 13.6. The lowest BCUT2D eigenvalue weighted by Gasteiger charge is -2.33. The molecule has 1 saturated carbocycles. The molecule has 1 unspecified atom stereocenters. The number of halogens is 1. The van der Waals surface area contributed by atoms with Crippen molar-refractivity contribution in [2.45, 2.75) is 57.0 Å². The van der Waals surface area contributed by atoms with Gasteiger partial charge in [-0.15, -0.1) is 0 Å². The van der Waals surface area contributed by atoms with E-state index in [1.807, 2.05) is 24.3 Å². The molecule has 178 valence electrons. The van der Waals surface area contributed by atoms with Gasteiger partial charge in [-0.3, -0.25) is 9.59 Å². The third-order valence-corrected chi connectivity index (χ3v) is 8.77. The van der Waals surface area contributed by atoms with Gasteiger partial charge in [-0.25, -0.2) is 0 Å². The fraction of sp³-hybridized carbons (Fsp3) is 0.500. The van der Waals surface area contributed by atoms with Crippen LogP contribution in [0.5, 0.6) is 0 Å². The highest BCUT2D eigenvalue weighted by molar-refractivity contribution is 6.33. The Morgan fingerprint density at radius 2 is 1.82 bits per heavy atom. The highest BCUT2D eigenvalue weighted by Crippen LogP contribution is 2.44. The quantitative estimate of drug-likeness (QED) is 0.685. The van der Waals surface area contributed by atoms with Gasteiger partial charge in [0.05, 0.1) is 16.6 Å². The zero-order valence-corrected chi connectivity index (χ0v) is 20.3. The first-order valence-corrected chi connectivity index (χ1v) is 13.1. The van der Waals surface area contributed by atoms with Gasteiger partial charge in [0.25, 0.3) is 11.8 Å². The van der Waals surface area contributed by atoms with Gasteiger partial charge in [-0.2, -0.15) is 0 Å². The van der Waals surface area contributed by atoms with Crippen molar-refractivity contribution in [3.63, 3.8) is 0 Å². The van der Waals surface area contributed by atoms with E-state index in [-0.39, 0.29) is 23.9 Å². The third kappa shape index (κ3) is 3.93. The van der Waals surface area contributed by atoms with Gasteiger partial charge < -0.3 is 15.1 Å². The number of hydrogen-bond donors (Lipinski definition) is 1. The predicted octanol–water partition coefficient (Wildman–Crippen LogP) is 4.85. The smallest absolute Gasteiger partial charge is 0.256 e. The molecule has 2 heterocycles. The maximum Gasteiger partial charge on any atom is 0.256 e. The average Bonchev–Trinajstić information content (AvgIpc) is 3.49. The topological polar surface area (TPSA) is 52.7 Å². The Bertz CT molecular complexity index is 1120. The van der Waals surface area contributed by atoms with Crippen LogP contribution >= 0.6 is 11.6 Å². The number of hydrogen-bond acceptors (Lipinski definition) is 3. The summed E-state index contributed by atoms with van der Waals surface area (Å²) in [4.78, 5) is 31.2. The van der Waals surface area contributed by atoms with Crippen molar-refractivity contribution < 1.29 is 9.59 Å². The summed E-state index contributed by atoms with van der Waals surface area (Å²) in [5.74, 6) is 0.148. The first-order valence-electron chi connectivity index (χ1n) is 12.7. The van der Waals surface area contributed by atoms with Crippen molar-refractivity contribution in [1.29, 1.82) is 0 Å². The molecule has 6 rings (SSSR count). The molecule has 1 N–H and O–H groups in total. The second kappa shape index (κ2) is 8.69. The molecule has 1 spiro atoms. The van der Waals surface area contributed by atoms with Crippen LogP contribution in [0.4, 0.5) is 0 Å². The van der Waals surface area contributed by atoms with Gasteiger partial charge in [0, 0.05) is 24.7 Å². The normalized spacial score (nSPS) is 23.2. The lowest BCUT2D eigenvalue weighted by atomic mass is 9.78. The van der Waals surface area contributed by atoms with E-state index in [1.54, 1.807) is 6.07 Å². The van der Waals surface area contributed by atoms with E-state index in [4.69, 9.17) is 11.6 Å². The van der Waals surface area contributed by atoms with Crippen LogP contribution in [0.1, 0.15) is 76.4 Å². The number of rotatable bonds is 4. The van der Waals surface area contributed by atoms with Crippen LogP contribution in [0.15, 0.2) is 42.5 Å². The van der Waals surface area contributed by atoms with E-state index < -0.39 is 0 Å². The van der Waals surface area contributed by atoms with E-state index in [0.717, 1.165) is 82.3 Å². The number of carbonyl (C=O) groups is 2. The largest absolute Gasteiger partial charge is 0.338 e. The first-order chi connectivity index (χ1) is 16.5. The van der Waals surface area contributed by atoms with E-state index in [0.29, 0.717) is 16.0 Å². The van der Waals surface area contributed by atoms with Gasteiger partial charge >= 0.3 is 0 Å². The summed E-state index contributed by atoms with van der Waals surface area (Å²) in [6.45, 7) is 3.82. The molecule has 34 heavy (non-hydrogen) atoms. The first kappa shape index (κ1) is 22.1. The monoisotopic (exact) mass is 477 g/mol. The van der Waals surface area contributed by atoms with Crippen molar-refractivity contribution in [2.75, 3.05) is 26.2 Å². The molecule has 0 bridgehead atoms. The minimum atomic E-state index is 0.00774. The van der Waals surface area contributed by atoms with Gasteiger partial charge in [0.2, 0.25) is 0 Å². The SMILES string of the molecule is O=C(c1ccc2c(c1)C(N(C(=O)c1ccccc1Cl)C1CC1)CC2)N1CCC2(CCNCC2)C1. The Kier molecular flexibility index (Phi) is 5.65. The molecule has 3 fully saturated rings. The molecule has 2 saturated heterocycles. The third-order valence-electron chi connectivity index (χ3n) is 8.44. The second-order valence-electron chi connectivity index (χ2n) is 10.6. The average molecular weight is 478 g/mol. The summed E-state index contributed by atoms with van der Waals surface area (Å²) in [7, 11) is 0. The van der Waals surface area contributed by atoms with Crippen molar-refractivity contribution in [3.8, 4) is 0 Å². The van der Waals surface area contributed by atoms with Gasteiger partial charge in [-0.05, 0) is 98.8 Å². The molecular weight excluding hydrogens is 446 g/mol. The molecule has 1 atom stereocenters. The highest BCUT2D eigenvalue weighted by atomic mass is 35.5. The van der Waals surface area contributed by atoms with Crippen LogP contribution in [0.25, 0.3) is 0 Å². The van der Waals surface area contributed by atoms with E-state index in [9.17, 15) is 9.59 Å². The molecule has 5 nitrogen and oxygen atoms in total. The molecular formula is C28H32ClN3O2. The second-order valence-corrected chi connectivity index (χ2v) is 11.0. The Morgan fingerprint density at radius 1 is 1.03 bits per heavy atom. The Balaban J connectivity index is 1.26. The summed E-state index contributed by atoms with van der Waals surface area (Å²) < 4.78 is 0. The fourth-order valence-electron chi connectivity index (χ4n) is 6.35. The molecule has 2 aromatic carbocycles. The molecule has 2 aromatic rings. The Hall–Kier alpha value is -2.37. The summed E-state index contributed by atoms with van der Waals surface area (Å²) >= 11 is 6.39. The van der Waals surface area contributed by atoms with Gasteiger partial charge in [0.1, 0.15) is 0 Å². The number of benzene rings is 2. The van der Waals surface area contributed by atoms with E-state index in [1.165, 1.54) is 5.56 Å². The molecule has 2 amide bonds. The summed E-state index contributed by atoms with van der Waals surface area (Å²) in [6, 6.07) is 13.8. The zero-order valence-electron chi connectivity index (χ0n) is 19.6. The van der Waals surface area contributed by atoms with Crippen molar-refractivity contribution in [1.82, 2.24) is 15.1 Å². The number of aryl methyl sites for hydroxylation is 1. The van der Waals surface area contributed by atoms with Crippen molar-refractivity contribution >= 4 is 23.4 Å². The Labute approximate surface area is 206 Å². The maximum absolute atomic E-state index is 13.6. The van der Waals surface area contributed by atoms with E-state index >= 15 is 0 Å². The number of nitrogens with one attached hydrogen (secondary N) is 1. The van der Waals surface area contributed by atoms with E-state index in [2.05, 4.69) is 27.2 Å². The van der Waals surface area contributed by atoms with Crippen LogP contribution in [-0.2, 0) is 6.42 Å². The molecule has 2 aliphatic carbocycles. The minimum absolute atomic E-state index is 0.00774. The fourth-order valence-corrected chi connectivity index (χ4v) is 6.56. The van der Waals surface area contributed by atoms with Crippen LogP contribution in [0.2, 0.25) is 5.02 Å². The summed E-state index contributed by atoms with van der Waals surface area (Å²) in [6.07, 6.45) is 7.33. The minimum Gasteiger partial charge on any atom is -0.338 e. The molecule has 6 heteroatoms. The van der Waals surface area contributed by atoms with Crippen LogP contribution in [-0.4, -0.2) is 53.8 Å². The predicted molar refractivity (Wildman–Crippen MR) is 133 cm³/mol. The lowest BCUT2D eigenvalue weighted by molar-refractivity contribution is 0.0658. The number of carbonyl (C=O) groups excluding carboxylic acids is 2. The summed E-state index contributed by atoms with van der Waals surface area (Å²) in [5.41, 5.74) is 4.03. The molecule has 4 aliphatic rings. The number of nitrogens with zero attached hydrogens (tertiary/aromatic N) is 2. The number of amides is 2. The van der Waals surface area contributed by atoms with Crippen molar-refractivity contribution in [2.24, 2.45) is 5.41 Å². The van der Waals surface area contributed by atoms with Crippen LogP contribution < -0.4 is 5.32 Å². The van der Waals surface area contributed by atoms with Crippen LogP contribution in [0, 0.1) is 5.41 Å².